The molecule has 0 aromatic carbocycles. The van der Waals surface area contributed by atoms with Crippen LogP contribution in [0.1, 0.15) is 26.7 Å². The maximum absolute atomic E-state index is 11.4. The average molecular weight is 184 g/mol. The Hall–Kier alpha value is -0.860. The van der Waals surface area contributed by atoms with Gasteiger partial charge in [0.2, 0.25) is 0 Å². The summed E-state index contributed by atoms with van der Waals surface area (Å²) in [5, 5.41) is 0. The minimum Gasteiger partial charge on any atom is -0.468 e. The Balaban J connectivity index is 2.61. The zero-order valence-corrected chi connectivity index (χ0v) is 8.37. The zero-order valence-electron chi connectivity index (χ0n) is 8.37. The first-order chi connectivity index (χ1) is 6.06. The van der Waals surface area contributed by atoms with Crippen LogP contribution in [0.5, 0.6) is 0 Å². The Labute approximate surface area is 78.5 Å². The summed E-state index contributed by atoms with van der Waals surface area (Å²) in [5.41, 5.74) is 0. The van der Waals surface area contributed by atoms with Gasteiger partial charge in [-0.1, -0.05) is 13.8 Å². The number of hydrogen-bond donors (Lipinski definition) is 0. The molecule has 13 heavy (non-hydrogen) atoms. The van der Waals surface area contributed by atoms with Crippen molar-refractivity contribution in [2.45, 2.75) is 26.7 Å². The highest BCUT2D eigenvalue weighted by atomic mass is 16.5. The molecule has 0 N–H and O–H groups in total. The lowest BCUT2D eigenvalue weighted by Gasteiger charge is -2.12. The second-order valence-electron chi connectivity index (χ2n) is 3.99. The van der Waals surface area contributed by atoms with Crippen molar-refractivity contribution in [2.24, 2.45) is 17.8 Å². The van der Waals surface area contributed by atoms with Crippen LogP contribution in [0.2, 0.25) is 0 Å². The molecule has 0 amide bonds. The molecule has 3 nitrogen and oxygen atoms in total. The molecule has 0 bridgehead atoms. The molecule has 74 valence electrons. The summed E-state index contributed by atoms with van der Waals surface area (Å²) in [5.74, 6) is 0.0197. The Morgan fingerprint density at radius 3 is 2.54 bits per heavy atom. The summed E-state index contributed by atoms with van der Waals surface area (Å²) in [6, 6.07) is 0. The molecular weight excluding hydrogens is 168 g/mol. The van der Waals surface area contributed by atoms with Crippen LogP contribution in [-0.2, 0) is 14.3 Å². The summed E-state index contributed by atoms with van der Waals surface area (Å²) >= 11 is 0. The lowest BCUT2D eigenvalue weighted by atomic mass is 9.93. The van der Waals surface area contributed by atoms with Gasteiger partial charge in [0.25, 0.3) is 0 Å². The SMILES string of the molecule is COC(=O)[C@@H]1C[C@H](C(C)C)CC1=O. The molecule has 1 aliphatic carbocycles. The van der Waals surface area contributed by atoms with Crippen molar-refractivity contribution < 1.29 is 14.3 Å². The summed E-state index contributed by atoms with van der Waals surface area (Å²) in [6.07, 6.45) is 1.21. The molecule has 2 atom stereocenters. The van der Waals surface area contributed by atoms with E-state index in [1.807, 2.05) is 0 Å². The van der Waals surface area contributed by atoms with Crippen molar-refractivity contribution >= 4 is 11.8 Å². The largest absolute Gasteiger partial charge is 0.468 e. The van der Waals surface area contributed by atoms with E-state index in [1.165, 1.54) is 7.11 Å². The van der Waals surface area contributed by atoms with Crippen molar-refractivity contribution in [1.29, 1.82) is 0 Å². The Bertz CT molecular complexity index is 220. The summed E-state index contributed by atoms with van der Waals surface area (Å²) < 4.78 is 4.57. The zero-order chi connectivity index (χ0) is 10.0. The molecule has 0 aromatic rings. The summed E-state index contributed by atoms with van der Waals surface area (Å²) in [7, 11) is 1.33. The number of ether oxygens (including phenoxy) is 1. The standard InChI is InChI=1S/C10H16O3/c1-6(2)7-4-8(9(11)5-7)10(12)13-3/h6-8H,4-5H2,1-3H3/t7-,8+/m0/s1. The van der Waals surface area contributed by atoms with E-state index in [4.69, 9.17) is 0 Å². The third kappa shape index (κ3) is 2.08. The number of ketones is 1. The van der Waals surface area contributed by atoms with E-state index in [0.717, 1.165) is 0 Å². The van der Waals surface area contributed by atoms with Gasteiger partial charge in [0, 0.05) is 6.42 Å². The van der Waals surface area contributed by atoms with Crippen molar-refractivity contribution in [3.8, 4) is 0 Å². The van der Waals surface area contributed by atoms with Crippen molar-refractivity contribution in [3.05, 3.63) is 0 Å². The molecule has 0 aromatic heterocycles. The quantitative estimate of drug-likeness (QED) is 0.481. The number of Topliss-reactive ketones (excluding diaryl/α,β-unsaturated/α-hetero) is 1. The van der Waals surface area contributed by atoms with Gasteiger partial charge in [-0.15, -0.1) is 0 Å². The maximum atomic E-state index is 11.4. The lowest BCUT2D eigenvalue weighted by Crippen LogP contribution is -2.19. The van der Waals surface area contributed by atoms with E-state index in [9.17, 15) is 9.59 Å². The monoisotopic (exact) mass is 184 g/mol. The molecule has 0 aliphatic heterocycles. The van der Waals surface area contributed by atoms with Gasteiger partial charge in [-0.3, -0.25) is 9.59 Å². The molecule has 0 heterocycles. The predicted molar refractivity (Wildman–Crippen MR) is 48.1 cm³/mol. The average Bonchev–Trinajstić information content (AvgIpc) is 2.46. The van der Waals surface area contributed by atoms with E-state index in [0.29, 0.717) is 24.7 Å². The Kier molecular flexibility index (Phi) is 3.07. The predicted octanol–water partition coefficient (Wildman–Crippen LogP) is 1.41. The van der Waals surface area contributed by atoms with E-state index in [2.05, 4.69) is 18.6 Å². The molecule has 1 aliphatic rings. The van der Waals surface area contributed by atoms with Crippen molar-refractivity contribution in [1.82, 2.24) is 0 Å². The second-order valence-corrected chi connectivity index (χ2v) is 3.99. The van der Waals surface area contributed by atoms with Crippen LogP contribution in [0.25, 0.3) is 0 Å². The molecule has 0 radical (unpaired) electrons. The molecular formula is C10H16O3. The van der Waals surface area contributed by atoms with Crippen LogP contribution in [-0.4, -0.2) is 18.9 Å². The van der Waals surface area contributed by atoms with Gasteiger partial charge in [0.15, 0.2) is 0 Å². The molecule has 3 heteroatoms. The van der Waals surface area contributed by atoms with Crippen LogP contribution in [0.4, 0.5) is 0 Å². The van der Waals surface area contributed by atoms with Crippen LogP contribution >= 0.6 is 0 Å². The van der Waals surface area contributed by atoms with Gasteiger partial charge in [-0.25, -0.2) is 0 Å². The molecule has 1 saturated carbocycles. The fraction of sp³-hybridized carbons (Fsp3) is 0.800. The fourth-order valence-corrected chi connectivity index (χ4v) is 1.80. The molecule has 0 spiro atoms. The highest BCUT2D eigenvalue weighted by Gasteiger charge is 2.38. The fourth-order valence-electron chi connectivity index (χ4n) is 1.80. The normalized spacial score (nSPS) is 28.2. The minimum absolute atomic E-state index is 0.0468. The third-order valence-corrected chi connectivity index (χ3v) is 2.82. The summed E-state index contributed by atoms with van der Waals surface area (Å²) in [6.45, 7) is 4.16. The van der Waals surface area contributed by atoms with E-state index >= 15 is 0 Å². The second kappa shape index (κ2) is 3.90. The van der Waals surface area contributed by atoms with Crippen LogP contribution < -0.4 is 0 Å². The van der Waals surface area contributed by atoms with Crippen molar-refractivity contribution in [3.63, 3.8) is 0 Å². The number of hydrogen-bond acceptors (Lipinski definition) is 3. The lowest BCUT2D eigenvalue weighted by molar-refractivity contribution is -0.148. The highest BCUT2D eigenvalue weighted by Crippen LogP contribution is 2.33. The van der Waals surface area contributed by atoms with Gasteiger partial charge >= 0.3 is 5.97 Å². The molecule has 1 fully saturated rings. The Morgan fingerprint density at radius 2 is 2.15 bits per heavy atom. The first kappa shape index (κ1) is 10.2. The van der Waals surface area contributed by atoms with Crippen LogP contribution in [0.3, 0.4) is 0 Å². The molecule has 0 unspecified atom stereocenters. The van der Waals surface area contributed by atoms with Gasteiger partial charge in [0.1, 0.15) is 11.7 Å². The van der Waals surface area contributed by atoms with E-state index in [1.54, 1.807) is 0 Å². The van der Waals surface area contributed by atoms with Crippen LogP contribution in [0.15, 0.2) is 0 Å². The highest BCUT2D eigenvalue weighted by molar-refractivity contribution is 6.00. The number of esters is 1. The van der Waals surface area contributed by atoms with E-state index in [-0.39, 0.29) is 11.8 Å². The summed E-state index contributed by atoms with van der Waals surface area (Å²) in [4.78, 5) is 22.5. The molecule has 0 saturated heterocycles. The van der Waals surface area contributed by atoms with Gasteiger partial charge < -0.3 is 4.74 Å². The number of methoxy groups -OCH3 is 1. The first-order valence-electron chi connectivity index (χ1n) is 4.66. The van der Waals surface area contributed by atoms with E-state index < -0.39 is 5.92 Å². The van der Waals surface area contributed by atoms with Crippen LogP contribution in [0, 0.1) is 17.8 Å². The van der Waals surface area contributed by atoms with Gasteiger partial charge in [-0.2, -0.15) is 0 Å². The molecule has 1 rings (SSSR count). The maximum Gasteiger partial charge on any atom is 0.316 e. The number of carbonyl (C=O) groups excluding carboxylic acids is 2. The minimum atomic E-state index is -0.489. The first-order valence-corrected chi connectivity index (χ1v) is 4.66. The number of carbonyl (C=O) groups is 2. The smallest absolute Gasteiger partial charge is 0.316 e. The van der Waals surface area contributed by atoms with Crippen molar-refractivity contribution in [2.75, 3.05) is 7.11 Å². The van der Waals surface area contributed by atoms with Gasteiger partial charge in [0.05, 0.1) is 7.11 Å². The topological polar surface area (TPSA) is 43.4 Å². The third-order valence-electron chi connectivity index (χ3n) is 2.82. The Morgan fingerprint density at radius 1 is 1.54 bits per heavy atom. The number of rotatable bonds is 2. The van der Waals surface area contributed by atoms with Gasteiger partial charge in [-0.05, 0) is 18.3 Å².